The van der Waals surface area contributed by atoms with E-state index in [0.29, 0.717) is 11.5 Å². The first kappa shape index (κ1) is 17.7. The number of aromatic amines is 1. The maximum absolute atomic E-state index is 12.3. The van der Waals surface area contributed by atoms with E-state index in [1.165, 1.54) is 10.7 Å². The summed E-state index contributed by atoms with van der Waals surface area (Å²) in [4.78, 5) is 31.9. The average Bonchev–Trinajstić information content (AvgIpc) is 3.12. The number of imidazole rings is 1. The molecule has 0 spiro atoms. The quantitative estimate of drug-likeness (QED) is 0.562. The second kappa shape index (κ2) is 7.48. The van der Waals surface area contributed by atoms with E-state index in [0.717, 1.165) is 22.2 Å². The highest BCUT2D eigenvalue weighted by atomic mass is 16.2. The molecule has 0 bridgehead atoms. The highest BCUT2D eigenvalue weighted by Gasteiger charge is 2.09. The van der Waals surface area contributed by atoms with Crippen molar-refractivity contribution < 1.29 is 4.79 Å². The molecule has 7 nitrogen and oxygen atoms in total. The van der Waals surface area contributed by atoms with Crippen LogP contribution in [-0.4, -0.2) is 25.7 Å². The van der Waals surface area contributed by atoms with Crippen LogP contribution in [0.4, 0.5) is 0 Å². The zero-order valence-electron chi connectivity index (χ0n) is 15.3. The number of carbonyl (C=O) groups is 1. The van der Waals surface area contributed by atoms with Gasteiger partial charge in [0.05, 0.1) is 23.3 Å². The molecule has 7 heteroatoms. The minimum absolute atomic E-state index is 0.154. The number of H-pyrrole nitrogens is 1. The predicted octanol–water partition coefficient (Wildman–Crippen LogP) is 2.41. The lowest BCUT2D eigenvalue weighted by molar-refractivity contribution is -0.122. The Labute approximate surface area is 161 Å². The molecule has 2 heterocycles. The number of rotatable bonds is 5. The summed E-state index contributed by atoms with van der Waals surface area (Å²) in [6, 6.07) is 18.6. The van der Waals surface area contributed by atoms with Crippen LogP contribution in [0, 0.1) is 6.92 Å². The molecule has 0 saturated carbocycles. The summed E-state index contributed by atoms with van der Waals surface area (Å²) in [5, 5.41) is 7.09. The van der Waals surface area contributed by atoms with Crippen molar-refractivity contribution in [2.24, 2.45) is 0 Å². The third kappa shape index (κ3) is 3.83. The van der Waals surface area contributed by atoms with Crippen LogP contribution in [-0.2, 0) is 17.9 Å². The number of aromatic nitrogens is 4. The van der Waals surface area contributed by atoms with Crippen LogP contribution in [0.25, 0.3) is 22.3 Å². The van der Waals surface area contributed by atoms with Crippen molar-refractivity contribution in [1.29, 1.82) is 0 Å². The number of amides is 1. The summed E-state index contributed by atoms with van der Waals surface area (Å²) in [6.07, 6.45) is 0. The van der Waals surface area contributed by atoms with Gasteiger partial charge in [-0.05, 0) is 25.1 Å². The van der Waals surface area contributed by atoms with E-state index in [1.807, 2.05) is 55.5 Å². The largest absolute Gasteiger partial charge is 0.347 e. The summed E-state index contributed by atoms with van der Waals surface area (Å²) in [6.45, 7) is 2.10. The van der Waals surface area contributed by atoms with Crippen molar-refractivity contribution in [1.82, 2.24) is 25.1 Å². The summed E-state index contributed by atoms with van der Waals surface area (Å²) >= 11 is 0. The van der Waals surface area contributed by atoms with Crippen LogP contribution in [0.15, 0.2) is 65.5 Å². The molecule has 4 rings (SSSR count). The van der Waals surface area contributed by atoms with E-state index < -0.39 is 0 Å². The summed E-state index contributed by atoms with van der Waals surface area (Å²) < 4.78 is 1.17. The Morgan fingerprint density at radius 2 is 1.86 bits per heavy atom. The number of aryl methyl sites for hydroxylation is 1. The number of para-hydroxylation sites is 2. The Morgan fingerprint density at radius 3 is 2.64 bits per heavy atom. The van der Waals surface area contributed by atoms with Gasteiger partial charge in [-0.2, -0.15) is 5.10 Å². The van der Waals surface area contributed by atoms with Crippen LogP contribution < -0.4 is 10.9 Å². The third-order valence-electron chi connectivity index (χ3n) is 4.40. The monoisotopic (exact) mass is 373 g/mol. The van der Waals surface area contributed by atoms with Gasteiger partial charge in [-0.15, -0.1) is 0 Å². The first-order chi connectivity index (χ1) is 13.6. The number of hydrogen-bond donors (Lipinski definition) is 2. The zero-order valence-corrected chi connectivity index (χ0v) is 15.3. The van der Waals surface area contributed by atoms with Crippen molar-refractivity contribution in [3.8, 4) is 11.3 Å². The van der Waals surface area contributed by atoms with Crippen LogP contribution in [0.2, 0.25) is 0 Å². The van der Waals surface area contributed by atoms with E-state index in [1.54, 1.807) is 6.07 Å². The Morgan fingerprint density at radius 1 is 1.07 bits per heavy atom. The standard InChI is InChI=1S/C21H19N5O2/c1-14-6-8-15(9-7-14)16-10-11-21(28)26(25-16)13-20(27)22-12-19-23-17-4-2-3-5-18(17)24-19/h2-11H,12-13H2,1H3,(H,22,27)(H,23,24). The molecule has 0 saturated heterocycles. The molecular weight excluding hydrogens is 354 g/mol. The van der Waals surface area contributed by atoms with Gasteiger partial charge in [-0.1, -0.05) is 42.0 Å². The van der Waals surface area contributed by atoms with E-state index in [9.17, 15) is 9.59 Å². The van der Waals surface area contributed by atoms with E-state index in [4.69, 9.17) is 0 Å². The summed E-state index contributed by atoms with van der Waals surface area (Å²) in [7, 11) is 0. The van der Waals surface area contributed by atoms with E-state index in [2.05, 4.69) is 20.4 Å². The SMILES string of the molecule is Cc1ccc(-c2ccc(=O)n(CC(=O)NCc3nc4ccccc4[nH]3)n2)cc1. The van der Waals surface area contributed by atoms with E-state index >= 15 is 0 Å². The molecule has 2 aromatic carbocycles. The molecule has 0 fully saturated rings. The lowest BCUT2D eigenvalue weighted by Crippen LogP contribution is -2.33. The van der Waals surface area contributed by atoms with E-state index in [-0.39, 0.29) is 24.6 Å². The normalized spacial score (nSPS) is 10.9. The van der Waals surface area contributed by atoms with Crippen molar-refractivity contribution in [2.75, 3.05) is 0 Å². The minimum Gasteiger partial charge on any atom is -0.347 e. The highest BCUT2D eigenvalue weighted by Crippen LogP contribution is 2.15. The molecule has 0 unspecified atom stereocenters. The molecule has 0 atom stereocenters. The third-order valence-corrected chi connectivity index (χ3v) is 4.40. The molecule has 0 aliphatic carbocycles. The molecule has 4 aromatic rings. The molecule has 0 aliphatic heterocycles. The van der Waals surface area contributed by atoms with Gasteiger partial charge in [0.25, 0.3) is 5.56 Å². The van der Waals surface area contributed by atoms with Crippen LogP contribution in [0.3, 0.4) is 0 Å². The van der Waals surface area contributed by atoms with Crippen molar-refractivity contribution in [3.05, 3.63) is 82.4 Å². The number of nitrogens with one attached hydrogen (secondary N) is 2. The minimum atomic E-state index is -0.324. The molecule has 28 heavy (non-hydrogen) atoms. The number of benzene rings is 2. The van der Waals surface area contributed by atoms with Gasteiger partial charge < -0.3 is 10.3 Å². The molecule has 0 radical (unpaired) electrons. The van der Waals surface area contributed by atoms with Gasteiger partial charge in [0.2, 0.25) is 5.91 Å². The average molecular weight is 373 g/mol. The van der Waals surface area contributed by atoms with Crippen molar-refractivity contribution in [2.45, 2.75) is 20.0 Å². The fraction of sp³-hybridized carbons (Fsp3) is 0.143. The fourth-order valence-electron chi connectivity index (χ4n) is 2.90. The first-order valence-electron chi connectivity index (χ1n) is 8.94. The number of nitrogens with zero attached hydrogens (tertiary/aromatic N) is 3. The smallest absolute Gasteiger partial charge is 0.267 e. The molecule has 1 amide bonds. The maximum atomic E-state index is 12.3. The lowest BCUT2D eigenvalue weighted by Gasteiger charge is -2.08. The number of fused-ring (bicyclic) bond motifs is 1. The van der Waals surface area contributed by atoms with Gasteiger partial charge in [-0.25, -0.2) is 9.67 Å². The molecular formula is C21H19N5O2. The van der Waals surface area contributed by atoms with Crippen LogP contribution in [0.5, 0.6) is 0 Å². The Kier molecular flexibility index (Phi) is 4.72. The zero-order chi connectivity index (χ0) is 19.5. The highest BCUT2D eigenvalue weighted by molar-refractivity contribution is 5.76. The van der Waals surface area contributed by atoms with Gasteiger partial charge in [0.1, 0.15) is 12.4 Å². The Balaban J connectivity index is 1.45. The lowest BCUT2D eigenvalue weighted by atomic mass is 10.1. The first-order valence-corrected chi connectivity index (χ1v) is 8.94. The van der Waals surface area contributed by atoms with Gasteiger partial charge in [0, 0.05) is 11.6 Å². The maximum Gasteiger partial charge on any atom is 0.267 e. The summed E-state index contributed by atoms with van der Waals surface area (Å²) in [5.41, 5.74) is 4.11. The molecule has 2 aromatic heterocycles. The Hall–Kier alpha value is -3.74. The second-order valence-corrected chi connectivity index (χ2v) is 6.56. The van der Waals surface area contributed by atoms with Crippen LogP contribution >= 0.6 is 0 Å². The molecule has 2 N–H and O–H groups in total. The fourth-order valence-corrected chi connectivity index (χ4v) is 2.90. The van der Waals surface area contributed by atoms with Gasteiger partial charge in [-0.3, -0.25) is 9.59 Å². The predicted molar refractivity (Wildman–Crippen MR) is 107 cm³/mol. The summed E-state index contributed by atoms with van der Waals surface area (Å²) in [5.74, 6) is 0.347. The Bertz CT molecular complexity index is 1160. The molecule has 0 aliphatic rings. The van der Waals surface area contributed by atoms with Gasteiger partial charge in [0.15, 0.2) is 0 Å². The molecule has 140 valence electrons. The number of carbonyl (C=O) groups excluding carboxylic acids is 1. The van der Waals surface area contributed by atoms with Crippen LogP contribution in [0.1, 0.15) is 11.4 Å². The van der Waals surface area contributed by atoms with Gasteiger partial charge >= 0.3 is 0 Å². The van der Waals surface area contributed by atoms with Crippen molar-refractivity contribution >= 4 is 16.9 Å². The number of hydrogen-bond acceptors (Lipinski definition) is 4. The topological polar surface area (TPSA) is 92.7 Å². The van der Waals surface area contributed by atoms with Crippen molar-refractivity contribution in [3.63, 3.8) is 0 Å². The second-order valence-electron chi connectivity index (χ2n) is 6.56.